The molecule has 5 nitrogen and oxygen atoms in total. The van der Waals surface area contributed by atoms with Gasteiger partial charge in [0.05, 0.1) is 12.4 Å². The fourth-order valence-electron chi connectivity index (χ4n) is 2.32. The van der Waals surface area contributed by atoms with Crippen molar-refractivity contribution < 1.29 is 9.90 Å². The van der Waals surface area contributed by atoms with Gasteiger partial charge in [-0.1, -0.05) is 12.1 Å². The van der Waals surface area contributed by atoms with Crippen LogP contribution in [0.4, 0.5) is 0 Å². The molecule has 3 rings (SSSR count). The summed E-state index contributed by atoms with van der Waals surface area (Å²) in [5.74, 6) is -0.0270. The number of hydrogen-bond acceptors (Lipinski definition) is 3. The molecule has 1 heterocycles. The van der Waals surface area contributed by atoms with Gasteiger partial charge in [-0.05, 0) is 48.9 Å². The van der Waals surface area contributed by atoms with E-state index in [0.29, 0.717) is 5.56 Å². The molecule has 1 unspecified atom stereocenters. The molecule has 0 aliphatic rings. The van der Waals surface area contributed by atoms with Crippen molar-refractivity contribution in [3.8, 4) is 11.4 Å². The van der Waals surface area contributed by atoms with Gasteiger partial charge >= 0.3 is 0 Å². The van der Waals surface area contributed by atoms with Crippen LogP contribution in [0.2, 0.25) is 0 Å². The number of carbonyl (C=O) groups excluding carboxylic acids is 1. The predicted molar refractivity (Wildman–Crippen MR) is 87.6 cm³/mol. The molecule has 0 fully saturated rings. The topological polar surface area (TPSA) is 67.2 Å². The van der Waals surface area contributed by atoms with Crippen LogP contribution >= 0.6 is 0 Å². The first-order valence-electron chi connectivity index (χ1n) is 7.31. The van der Waals surface area contributed by atoms with Gasteiger partial charge in [0.25, 0.3) is 5.91 Å². The van der Waals surface area contributed by atoms with Crippen molar-refractivity contribution >= 4 is 5.91 Å². The van der Waals surface area contributed by atoms with Crippen molar-refractivity contribution in [3.63, 3.8) is 0 Å². The first-order chi connectivity index (χ1) is 11.1. The first kappa shape index (κ1) is 14.8. The average Bonchev–Trinajstić information content (AvgIpc) is 3.10. The van der Waals surface area contributed by atoms with Crippen molar-refractivity contribution in [1.82, 2.24) is 14.9 Å². The molecule has 2 aromatic carbocycles. The molecule has 0 radical (unpaired) electrons. The van der Waals surface area contributed by atoms with E-state index in [-0.39, 0.29) is 17.7 Å². The molecule has 0 saturated carbocycles. The lowest BCUT2D eigenvalue weighted by Crippen LogP contribution is -2.26. The van der Waals surface area contributed by atoms with Gasteiger partial charge in [-0.15, -0.1) is 0 Å². The molecule has 116 valence electrons. The number of aromatic hydroxyl groups is 1. The second-order valence-corrected chi connectivity index (χ2v) is 5.30. The number of nitrogens with zero attached hydrogens (tertiary/aromatic N) is 2. The Balaban J connectivity index is 1.69. The van der Waals surface area contributed by atoms with E-state index in [2.05, 4.69) is 10.3 Å². The molecule has 0 saturated heterocycles. The summed E-state index contributed by atoms with van der Waals surface area (Å²) < 4.78 is 1.92. The molecular weight excluding hydrogens is 290 g/mol. The monoisotopic (exact) mass is 307 g/mol. The highest BCUT2D eigenvalue weighted by atomic mass is 16.3. The van der Waals surface area contributed by atoms with Crippen LogP contribution in [-0.4, -0.2) is 20.6 Å². The van der Waals surface area contributed by atoms with Gasteiger partial charge in [-0.2, -0.15) is 0 Å². The number of carbonyl (C=O) groups is 1. The summed E-state index contributed by atoms with van der Waals surface area (Å²) in [5.41, 5.74) is 2.55. The zero-order chi connectivity index (χ0) is 16.2. The van der Waals surface area contributed by atoms with Crippen LogP contribution in [-0.2, 0) is 0 Å². The lowest BCUT2D eigenvalue weighted by atomic mass is 10.1. The number of imidazole rings is 1. The van der Waals surface area contributed by atoms with E-state index in [0.717, 1.165) is 11.3 Å². The lowest BCUT2D eigenvalue weighted by Gasteiger charge is -2.15. The molecule has 1 aromatic heterocycles. The molecule has 23 heavy (non-hydrogen) atoms. The van der Waals surface area contributed by atoms with E-state index in [1.807, 2.05) is 42.0 Å². The van der Waals surface area contributed by atoms with Crippen molar-refractivity contribution in [2.24, 2.45) is 0 Å². The molecule has 0 aliphatic carbocycles. The van der Waals surface area contributed by atoms with Gasteiger partial charge in [0.15, 0.2) is 0 Å². The van der Waals surface area contributed by atoms with Crippen molar-refractivity contribution in [2.75, 3.05) is 0 Å². The maximum atomic E-state index is 12.2. The van der Waals surface area contributed by atoms with Crippen molar-refractivity contribution in [1.29, 1.82) is 0 Å². The summed E-state index contributed by atoms with van der Waals surface area (Å²) >= 11 is 0. The van der Waals surface area contributed by atoms with Crippen LogP contribution < -0.4 is 5.32 Å². The highest BCUT2D eigenvalue weighted by Crippen LogP contribution is 2.17. The Bertz CT molecular complexity index is 778. The van der Waals surface area contributed by atoms with Crippen LogP contribution in [0, 0.1) is 0 Å². The Morgan fingerprint density at radius 2 is 1.83 bits per heavy atom. The van der Waals surface area contributed by atoms with Gasteiger partial charge in [-0.25, -0.2) is 4.98 Å². The van der Waals surface area contributed by atoms with Crippen LogP contribution in [0.3, 0.4) is 0 Å². The first-order valence-corrected chi connectivity index (χ1v) is 7.31. The highest BCUT2D eigenvalue weighted by molar-refractivity contribution is 5.94. The van der Waals surface area contributed by atoms with Gasteiger partial charge in [0, 0.05) is 23.6 Å². The van der Waals surface area contributed by atoms with E-state index < -0.39 is 0 Å². The van der Waals surface area contributed by atoms with Crippen LogP contribution in [0.15, 0.2) is 67.3 Å². The minimum atomic E-state index is -0.170. The van der Waals surface area contributed by atoms with E-state index in [1.54, 1.807) is 24.7 Å². The summed E-state index contributed by atoms with van der Waals surface area (Å²) in [6.45, 7) is 1.94. The molecule has 2 N–H and O–H groups in total. The van der Waals surface area contributed by atoms with Crippen LogP contribution in [0.5, 0.6) is 5.75 Å². The number of aromatic nitrogens is 2. The zero-order valence-corrected chi connectivity index (χ0v) is 12.7. The Hall–Kier alpha value is -3.08. The number of amides is 1. The van der Waals surface area contributed by atoms with Crippen molar-refractivity contribution in [2.45, 2.75) is 13.0 Å². The van der Waals surface area contributed by atoms with Gasteiger partial charge in [0.1, 0.15) is 5.75 Å². The normalized spacial score (nSPS) is 11.9. The summed E-state index contributed by atoms with van der Waals surface area (Å²) in [7, 11) is 0. The van der Waals surface area contributed by atoms with E-state index in [1.165, 1.54) is 12.1 Å². The zero-order valence-electron chi connectivity index (χ0n) is 12.7. The Labute approximate surface area is 134 Å². The summed E-state index contributed by atoms with van der Waals surface area (Å²) in [5, 5.41) is 12.2. The second kappa shape index (κ2) is 6.36. The molecule has 3 aromatic rings. The van der Waals surface area contributed by atoms with Crippen LogP contribution in [0.1, 0.15) is 28.9 Å². The average molecular weight is 307 g/mol. The SMILES string of the molecule is CC(NC(=O)c1ccc(O)cc1)c1ccc(-n2ccnc2)cc1. The predicted octanol–water partition coefficient (Wildman–Crippen LogP) is 3.07. The molecule has 0 aliphatic heterocycles. The third-order valence-electron chi connectivity index (χ3n) is 3.67. The minimum Gasteiger partial charge on any atom is -0.508 e. The largest absolute Gasteiger partial charge is 0.508 e. The maximum Gasteiger partial charge on any atom is 0.251 e. The number of phenols is 1. The number of benzene rings is 2. The molecule has 0 spiro atoms. The summed E-state index contributed by atoms with van der Waals surface area (Å²) in [6.07, 6.45) is 5.35. The fraction of sp³-hybridized carbons (Fsp3) is 0.111. The third kappa shape index (κ3) is 3.40. The minimum absolute atomic E-state index is 0.117. The van der Waals surface area contributed by atoms with Crippen LogP contribution in [0.25, 0.3) is 5.69 Å². The second-order valence-electron chi connectivity index (χ2n) is 5.30. The summed E-state index contributed by atoms with van der Waals surface area (Å²) in [4.78, 5) is 16.2. The Morgan fingerprint density at radius 1 is 1.13 bits per heavy atom. The molecule has 1 atom stereocenters. The number of rotatable bonds is 4. The quantitative estimate of drug-likeness (QED) is 0.778. The molecule has 5 heteroatoms. The number of nitrogens with one attached hydrogen (secondary N) is 1. The third-order valence-corrected chi connectivity index (χ3v) is 3.67. The highest BCUT2D eigenvalue weighted by Gasteiger charge is 2.11. The fourth-order valence-corrected chi connectivity index (χ4v) is 2.32. The van der Waals surface area contributed by atoms with Gasteiger partial charge in [-0.3, -0.25) is 4.79 Å². The lowest BCUT2D eigenvalue weighted by molar-refractivity contribution is 0.0940. The molecule has 0 bridgehead atoms. The standard InChI is InChI=1S/C18H17N3O2/c1-13(20-18(23)15-4-8-17(22)9-5-15)14-2-6-16(7-3-14)21-11-10-19-12-21/h2-13,22H,1H3,(H,20,23). The maximum absolute atomic E-state index is 12.2. The van der Waals surface area contributed by atoms with E-state index >= 15 is 0 Å². The Kier molecular flexibility index (Phi) is 4.10. The number of hydrogen-bond donors (Lipinski definition) is 2. The smallest absolute Gasteiger partial charge is 0.251 e. The van der Waals surface area contributed by atoms with Gasteiger partial charge < -0.3 is 15.0 Å². The van der Waals surface area contributed by atoms with E-state index in [4.69, 9.17) is 0 Å². The van der Waals surface area contributed by atoms with E-state index in [9.17, 15) is 9.90 Å². The molecule has 1 amide bonds. The van der Waals surface area contributed by atoms with Gasteiger partial charge in [0.2, 0.25) is 0 Å². The number of phenolic OH excluding ortho intramolecular Hbond substituents is 1. The summed E-state index contributed by atoms with van der Waals surface area (Å²) in [6, 6.07) is 14.0. The molecular formula is C18H17N3O2. The Morgan fingerprint density at radius 3 is 2.43 bits per heavy atom. The van der Waals surface area contributed by atoms with Crippen molar-refractivity contribution in [3.05, 3.63) is 78.4 Å².